The Balaban J connectivity index is 1.99. The number of nitrogens with zero attached hydrogens (tertiary/aromatic N) is 1. The highest BCUT2D eigenvalue weighted by Gasteiger charge is 2.43. The largest absolute Gasteiger partial charge is 0.409 e. The van der Waals surface area contributed by atoms with Crippen LogP contribution >= 0.6 is 0 Å². The Morgan fingerprint density at radius 2 is 2.00 bits per heavy atom. The first kappa shape index (κ1) is 14.3. The van der Waals surface area contributed by atoms with E-state index in [1.165, 1.54) is 0 Å². The lowest BCUT2D eigenvalue weighted by molar-refractivity contribution is 0.0290. The Hall–Kier alpha value is -0.810. The lowest BCUT2D eigenvalue weighted by atomic mass is 10.0. The van der Waals surface area contributed by atoms with Gasteiger partial charge in [-0.3, -0.25) is 0 Å². The topological polar surface area (TPSA) is 77.1 Å². The lowest BCUT2D eigenvalue weighted by Crippen LogP contribution is -2.22. The van der Waals surface area contributed by atoms with Gasteiger partial charge in [0.05, 0.1) is 19.8 Å². The van der Waals surface area contributed by atoms with Crippen molar-refractivity contribution in [2.24, 2.45) is 16.3 Å². The number of oxime groups is 1. The first-order valence-electron chi connectivity index (χ1n) is 6.34. The summed E-state index contributed by atoms with van der Waals surface area (Å²) in [4.78, 5) is 0. The normalized spacial score (nSPS) is 18.3. The number of unbranched alkanes of at least 4 members (excludes halogenated alkanes) is 1. The molecule has 3 N–H and O–H groups in total. The molecule has 5 nitrogen and oxygen atoms in total. The van der Waals surface area contributed by atoms with E-state index >= 15 is 0 Å². The Labute approximate surface area is 103 Å². The van der Waals surface area contributed by atoms with Crippen LogP contribution in [0.2, 0.25) is 0 Å². The third-order valence-corrected chi connectivity index (χ3v) is 3.06. The summed E-state index contributed by atoms with van der Waals surface area (Å²) in [6.45, 7) is 4.92. The van der Waals surface area contributed by atoms with Crippen molar-refractivity contribution in [2.45, 2.75) is 39.0 Å². The van der Waals surface area contributed by atoms with Gasteiger partial charge in [0.25, 0.3) is 0 Å². The standard InChI is InChI=1S/C12H24N2O3/c1-2-3-6-16-7-8-17-10-12(4-5-12)9-11(13)14-15/h15H,2-10H2,1H3,(H2,13,14). The van der Waals surface area contributed by atoms with E-state index in [4.69, 9.17) is 20.4 Å². The van der Waals surface area contributed by atoms with Gasteiger partial charge in [-0.15, -0.1) is 0 Å². The third-order valence-electron chi connectivity index (χ3n) is 3.06. The van der Waals surface area contributed by atoms with Gasteiger partial charge in [0.15, 0.2) is 0 Å². The zero-order valence-corrected chi connectivity index (χ0v) is 10.7. The molecule has 17 heavy (non-hydrogen) atoms. The summed E-state index contributed by atoms with van der Waals surface area (Å²) >= 11 is 0. The molecule has 0 unspecified atom stereocenters. The van der Waals surface area contributed by atoms with Crippen molar-refractivity contribution in [1.29, 1.82) is 0 Å². The highest BCUT2D eigenvalue weighted by Crippen LogP contribution is 2.48. The lowest BCUT2D eigenvalue weighted by Gasteiger charge is -2.14. The third kappa shape index (κ3) is 5.89. The molecule has 0 heterocycles. The van der Waals surface area contributed by atoms with Crippen molar-refractivity contribution in [3.63, 3.8) is 0 Å². The average molecular weight is 244 g/mol. The summed E-state index contributed by atoms with van der Waals surface area (Å²) < 4.78 is 11.0. The van der Waals surface area contributed by atoms with Crippen molar-refractivity contribution < 1.29 is 14.7 Å². The second-order valence-corrected chi connectivity index (χ2v) is 4.79. The highest BCUT2D eigenvalue weighted by molar-refractivity contribution is 5.80. The summed E-state index contributed by atoms with van der Waals surface area (Å²) in [7, 11) is 0. The van der Waals surface area contributed by atoms with Gasteiger partial charge >= 0.3 is 0 Å². The van der Waals surface area contributed by atoms with Crippen molar-refractivity contribution in [2.75, 3.05) is 26.4 Å². The second kappa shape index (κ2) is 7.50. The van der Waals surface area contributed by atoms with Crippen molar-refractivity contribution in [3.05, 3.63) is 0 Å². The molecule has 0 atom stereocenters. The van der Waals surface area contributed by atoms with E-state index in [0.717, 1.165) is 32.3 Å². The minimum absolute atomic E-state index is 0.125. The minimum Gasteiger partial charge on any atom is -0.409 e. The summed E-state index contributed by atoms with van der Waals surface area (Å²) in [6, 6.07) is 0. The van der Waals surface area contributed by atoms with E-state index in [1.807, 2.05) is 0 Å². The maximum absolute atomic E-state index is 8.52. The molecule has 0 saturated heterocycles. The molecule has 0 radical (unpaired) electrons. The van der Waals surface area contributed by atoms with Crippen LogP contribution < -0.4 is 5.73 Å². The van der Waals surface area contributed by atoms with Gasteiger partial charge in [0.1, 0.15) is 5.84 Å². The van der Waals surface area contributed by atoms with Crippen LogP contribution in [0.4, 0.5) is 0 Å². The summed E-state index contributed by atoms with van der Waals surface area (Å²) in [5.74, 6) is 0.297. The van der Waals surface area contributed by atoms with Crippen LogP contribution in [0.5, 0.6) is 0 Å². The van der Waals surface area contributed by atoms with Gasteiger partial charge in [0, 0.05) is 18.4 Å². The maximum atomic E-state index is 8.52. The molecule has 0 aromatic rings. The second-order valence-electron chi connectivity index (χ2n) is 4.79. The molecule has 0 aromatic carbocycles. The molecular weight excluding hydrogens is 220 g/mol. The predicted molar refractivity (Wildman–Crippen MR) is 66.2 cm³/mol. The van der Waals surface area contributed by atoms with E-state index in [9.17, 15) is 0 Å². The Bertz CT molecular complexity index is 240. The summed E-state index contributed by atoms with van der Waals surface area (Å²) in [6.07, 6.45) is 5.08. The van der Waals surface area contributed by atoms with Crippen LogP contribution in [0.25, 0.3) is 0 Å². The zero-order chi connectivity index (χ0) is 12.6. The van der Waals surface area contributed by atoms with Crippen LogP contribution in [0.3, 0.4) is 0 Å². The zero-order valence-electron chi connectivity index (χ0n) is 10.7. The molecule has 1 aliphatic carbocycles. The molecule has 100 valence electrons. The van der Waals surface area contributed by atoms with Crippen molar-refractivity contribution >= 4 is 5.84 Å². The number of rotatable bonds is 10. The summed E-state index contributed by atoms with van der Waals surface area (Å²) in [5.41, 5.74) is 5.63. The smallest absolute Gasteiger partial charge is 0.139 e. The van der Waals surface area contributed by atoms with Crippen LogP contribution in [0.15, 0.2) is 5.16 Å². The number of ether oxygens (including phenoxy) is 2. The number of hydrogen-bond donors (Lipinski definition) is 2. The van der Waals surface area contributed by atoms with Gasteiger partial charge in [0.2, 0.25) is 0 Å². The van der Waals surface area contributed by atoms with Crippen LogP contribution in [0, 0.1) is 5.41 Å². The fourth-order valence-corrected chi connectivity index (χ4v) is 1.72. The van der Waals surface area contributed by atoms with Gasteiger partial charge in [-0.25, -0.2) is 0 Å². The molecule has 1 rings (SSSR count). The molecule has 1 saturated carbocycles. The highest BCUT2D eigenvalue weighted by atomic mass is 16.5. The monoisotopic (exact) mass is 244 g/mol. The van der Waals surface area contributed by atoms with E-state index in [1.54, 1.807) is 0 Å². The molecule has 1 aliphatic rings. The quantitative estimate of drug-likeness (QED) is 0.202. The average Bonchev–Trinajstić information content (AvgIpc) is 3.08. The van der Waals surface area contributed by atoms with Crippen molar-refractivity contribution in [3.8, 4) is 0 Å². The van der Waals surface area contributed by atoms with E-state index in [-0.39, 0.29) is 5.41 Å². The minimum atomic E-state index is 0.125. The van der Waals surface area contributed by atoms with E-state index in [0.29, 0.717) is 32.1 Å². The molecule has 5 heteroatoms. The van der Waals surface area contributed by atoms with E-state index in [2.05, 4.69) is 12.1 Å². The van der Waals surface area contributed by atoms with Crippen molar-refractivity contribution in [1.82, 2.24) is 0 Å². The van der Waals surface area contributed by atoms with Crippen LogP contribution in [-0.2, 0) is 9.47 Å². The molecule has 1 fully saturated rings. The molecule has 0 amide bonds. The fraction of sp³-hybridized carbons (Fsp3) is 0.917. The SMILES string of the molecule is CCCCOCCOCC1(CC(N)=NO)CC1. The van der Waals surface area contributed by atoms with Crippen LogP contribution in [-0.4, -0.2) is 37.5 Å². The van der Waals surface area contributed by atoms with Gasteiger partial charge in [-0.1, -0.05) is 18.5 Å². The summed E-state index contributed by atoms with van der Waals surface area (Å²) in [5, 5.41) is 11.5. The Morgan fingerprint density at radius 1 is 1.29 bits per heavy atom. The number of nitrogens with two attached hydrogens (primary N) is 1. The first-order chi connectivity index (χ1) is 8.22. The fourth-order valence-electron chi connectivity index (χ4n) is 1.72. The molecule has 0 spiro atoms. The van der Waals surface area contributed by atoms with Gasteiger partial charge in [-0.2, -0.15) is 0 Å². The molecule has 0 aliphatic heterocycles. The molecular formula is C12H24N2O3. The molecule has 0 aromatic heterocycles. The van der Waals surface area contributed by atoms with Gasteiger partial charge < -0.3 is 20.4 Å². The van der Waals surface area contributed by atoms with E-state index < -0.39 is 0 Å². The maximum Gasteiger partial charge on any atom is 0.139 e. The Kier molecular flexibility index (Phi) is 6.29. The van der Waals surface area contributed by atoms with Crippen LogP contribution in [0.1, 0.15) is 39.0 Å². The molecule has 0 bridgehead atoms. The Morgan fingerprint density at radius 3 is 2.59 bits per heavy atom. The van der Waals surface area contributed by atoms with Gasteiger partial charge in [-0.05, 0) is 19.3 Å². The number of amidine groups is 1. The number of hydrogen-bond acceptors (Lipinski definition) is 4. The predicted octanol–water partition coefficient (Wildman–Crippen LogP) is 1.74. The first-order valence-corrected chi connectivity index (χ1v) is 6.34.